The van der Waals surface area contributed by atoms with Gasteiger partial charge in [0, 0.05) is 5.56 Å². The molecule has 174 valence electrons. The van der Waals surface area contributed by atoms with Crippen molar-refractivity contribution in [1.29, 1.82) is 0 Å². The molecule has 4 rings (SSSR count). The molecule has 6 heteroatoms. The molecule has 1 atom stereocenters. The van der Waals surface area contributed by atoms with Gasteiger partial charge in [-0.25, -0.2) is 9.59 Å². The number of esters is 1. The van der Waals surface area contributed by atoms with Crippen molar-refractivity contribution in [3.05, 3.63) is 107 Å². The average molecular weight is 457 g/mol. The molecule has 34 heavy (non-hydrogen) atoms. The second-order valence-electron chi connectivity index (χ2n) is 8.45. The third kappa shape index (κ3) is 5.29. The van der Waals surface area contributed by atoms with E-state index in [0.717, 1.165) is 11.1 Å². The summed E-state index contributed by atoms with van der Waals surface area (Å²) in [4.78, 5) is 26.0. The predicted octanol–water partition coefficient (Wildman–Crippen LogP) is 5.29. The smallest absolute Gasteiger partial charge is 0.338 e. The first kappa shape index (κ1) is 23.1. The van der Waals surface area contributed by atoms with E-state index >= 15 is 0 Å². The van der Waals surface area contributed by atoms with Crippen molar-refractivity contribution in [3.63, 3.8) is 0 Å². The molecule has 0 fully saturated rings. The van der Waals surface area contributed by atoms with Crippen LogP contribution in [0.1, 0.15) is 42.1 Å². The Bertz CT molecular complexity index is 1200. The number of aryl methyl sites for hydroxylation is 1. The molecule has 1 heterocycles. The van der Waals surface area contributed by atoms with Gasteiger partial charge in [-0.3, -0.25) is 0 Å². The van der Waals surface area contributed by atoms with Crippen molar-refractivity contribution >= 4 is 17.7 Å². The Morgan fingerprint density at radius 2 is 1.62 bits per heavy atom. The summed E-state index contributed by atoms with van der Waals surface area (Å²) in [5.41, 5.74) is 4.34. The third-order valence-corrected chi connectivity index (χ3v) is 5.44. The number of nitrogens with one attached hydrogen (secondary N) is 2. The van der Waals surface area contributed by atoms with Crippen LogP contribution in [0.2, 0.25) is 0 Å². The fourth-order valence-electron chi connectivity index (χ4n) is 3.82. The van der Waals surface area contributed by atoms with Gasteiger partial charge in [0.1, 0.15) is 12.4 Å². The molecular formula is C28H28N2O4. The van der Waals surface area contributed by atoms with Crippen molar-refractivity contribution in [3.8, 4) is 5.75 Å². The van der Waals surface area contributed by atoms with E-state index in [1.807, 2.05) is 85.8 Å². The first-order valence-corrected chi connectivity index (χ1v) is 11.3. The lowest BCUT2D eigenvalue weighted by molar-refractivity contribution is -0.143. The van der Waals surface area contributed by atoms with Crippen LogP contribution in [-0.2, 0) is 16.1 Å². The highest BCUT2D eigenvalue weighted by Gasteiger charge is 2.36. The molecule has 0 aromatic heterocycles. The molecule has 6 nitrogen and oxygen atoms in total. The molecule has 2 N–H and O–H groups in total. The van der Waals surface area contributed by atoms with E-state index in [0.29, 0.717) is 29.2 Å². The van der Waals surface area contributed by atoms with E-state index in [-0.39, 0.29) is 6.10 Å². The van der Waals surface area contributed by atoms with E-state index < -0.39 is 18.0 Å². The molecule has 0 radical (unpaired) electrons. The summed E-state index contributed by atoms with van der Waals surface area (Å²) in [5.74, 6) is 0.0808. The summed E-state index contributed by atoms with van der Waals surface area (Å²) < 4.78 is 11.7. The SMILES string of the molecule is Cc1ccc(COc2ccccc2C2NC(=O)NC(c3ccccc3)=C2C(=O)OC(C)C)cc1. The van der Waals surface area contributed by atoms with Crippen molar-refractivity contribution in [2.24, 2.45) is 0 Å². The molecule has 1 aliphatic heterocycles. The summed E-state index contributed by atoms with van der Waals surface area (Å²) in [6.45, 7) is 5.98. The molecule has 1 unspecified atom stereocenters. The number of benzene rings is 3. The molecule has 3 aromatic rings. The number of amides is 2. The Morgan fingerprint density at radius 3 is 2.32 bits per heavy atom. The number of hydrogen-bond acceptors (Lipinski definition) is 4. The van der Waals surface area contributed by atoms with Crippen molar-refractivity contribution in [2.75, 3.05) is 0 Å². The summed E-state index contributed by atoms with van der Waals surface area (Å²) in [6, 6.07) is 23.7. The Balaban J connectivity index is 1.76. The van der Waals surface area contributed by atoms with Gasteiger partial charge in [-0.1, -0.05) is 78.4 Å². The number of ether oxygens (including phenoxy) is 2. The molecule has 2 amide bonds. The maximum Gasteiger partial charge on any atom is 0.338 e. The number of urea groups is 1. The topological polar surface area (TPSA) is 76.7 Å². The monoisotopic (exact) mass is 456 g/mol. The largest absolute Gasteiger partial charge is 0.489 e. The van der Waals surface area contributed by atoms with E-state index in [1.165, 1.54) is 5.56 Å². The highest BCUT2D eigenvalue weighted by molar-refractivity contribution is 6.04. The van der Waals surface area contributed by atoms with Gasteiger partial charge >= 0.3 is 12.0 Å². The average Bonchev–Trinajstić information content (AvgIpc) is 2.83. The molecule has 1 aliphatic rings. The third-order valence-electron chi connectivity index (χ3n) is 5.44. The van der Waals surface area contributed by atoms with Gasteiger partial charge < -0.3 is 20.1 Å². The van der Waals surface area contributed by atoms with Crippen molar-refractivity contribution in [1.82, 2.24) is 10.6 Å². The number of hydrogen-bond donors (Lipinski definition) is 2. The summed E-state index contributed by atoms with van der Waals surface area (Å²) >= 11 is 0. The van der Waals surface area contributed by atoms with Gasteiger partial charge in [0.15, 0.2) is 0 Å². The van der Waals surface area contributed by atoms with E-state index in [1.54, 1.807) is 13.8 Å². The Hall–Kier alpha value is -4.06. The van der Waals surface area contributed by atoms with Crippen LogP contribution >= 0.6 is 0 Å². The highest BCUT2D eigenvalue weighted by Crippen LogP contribution is 2.36. The van der Waals surface area contributed by atoms with E-state index in [4.69, 9.17) is 9.47 Å². The maximum absolute atomic E-state index is 13.3. The minimum Gasteiger partial charge on any atom is -0.489 e. The molecule has 0 saturated carbocycles. The van der Waals surface area contributed by atoms with E-state index in [2.05, 4.69) is 10.6 Å². The van der Waals surface area contributed by atoms with Gasteiger partial charge in [0.05, 0.1) is 23.4 Å². The van der Waals surface area contributed by atoms with Crippen molar-refractivity contribution < 1.29 is 19.1 Å². The first-order valence-electron chi connectivity index (χ1n) is 11.3. The van der Waals surface area contributed by atoms with Gasteiger partial charge in [-0.2, -0.15) is 0 Å². The molecule has 3 aromatic carbocycles. The van der Waals surface area contributed by atoms with Crippen LogP contribution in [0.25, 0.3) is 5.70 Å². The first-order chi connectivity index (χ1) is 16.4. The molecule has 0 spiro atoms. The van der Waals surface area contributed by atoms with E-state index in [9.17, 15) is 9.59 Å². The summed E-state index contributed by atoms with van der Waals surface area (Å²) in [5, 5.41) is 5.70. The lowest BCUT2D eigenvalue weighted by atomic mass is 9.92. The lowest BCUT2D eigenvalue weighted by Crippen LogP contribution is -2.45. The van der Waals surface area contributed by atoms with Crippen LogP contribution in [0, 0.1) is 6.92 Å². The molecule has 0 aliphatic carbocycles. The standard InChI is InChI=1S/C28H28N2O4/c1-18(2)34-27(31)24-25(21-9-5-4-6-10-21)29-28(32)30-26(24)22-11-7-8-12-23(22)33-17-20-15-13-19(3)14-16-20/h4-16,18,26H,17H2,1-3H3,(H2,29,30,32). The molecule has 0 saturated heterocycles. The van der Waals surface area contributed by atoms with Gasteiger partial charge in [0.25, 0.3) is 0 Å². The minimum atomic E-state index is -0.746. The molecule has 0 bridgehead atoms. The number of rotatable bonds is 7. The zero-order valence-electron chi connectivity index (χ0n) is 19.5. The fraction of sp³-hybridized carbons (Fsp3) is 0.214. The van der Waals surface area contributed by atoms with Crippen molar-refractivity contribution in [2.45, 2.75) is 39.5 Å². The van der Waals surface area contributed by atoms with Crippen LogP contribution in [0.4, 0.5) is 4.79 Å². The summed E-state index contributed by atoms with van der Waals surface area (Å²) in [7, 11) is 0. The molecular weight excluding hydrogens is 428 g/mol. The number of para-hydroxylation sites is 1. The van der Waals surface area contributed by atoms with Gasteiger partial charge in [-0.05, 0) is 38.0 Å². The van der Waals surface area contributed by atoms with Crippen LogP contribution in [0.15, 0.2) is 84.4 Å². The quantitative estimate of drug-likeness (QED) is 0.474. The number of carbonyl (C=O) groups is 2. The second kappa shape index (κ2) is 10.3. The minimum absolute atomic E-state index is 0.316. The Kier molecular flexibility index (Phi) is 6.97. The predicted molar refractivity (Wildman–Crippen MR) is 131 cm³/mol. The van der Waals surface area contributed by atoms with Gasteiger partial charge in [0.2, 0.25) is 0 Å². The Morgan fingerprint density at radius 1 is 0.941 bits per heavy atom. The lowest BCUT2D eigenvalue weighted by Gasteiger charge is -2.31. The summed E-state index contributed by atoms with van der Waals surface area (Å²) in [6.07, 6.45) is -0.316. The highest BCUT2D eigenvalue weighted by atomic mass is 16.5. The van der Waals surface area contributed by atoms with Crippen LogP contribution in [-0.4, -0.2) is 18.1 Å². The zero-order chi connectivity index (χ0) is 24.1. The Labute approximate surface area is 199 Å². The van der Waals surface area contributed by atoms with Crippen LogP contribution in [0.5, 0.6) is 5.75 Å². The van der Waals surface area contributed by atoms with Crippen LogP contribution in [0.3, 0.4) is 0 Å². The fourth-order valence-corrected chi connectivity index (χ4v) is 3.82. The maximum atomic E-state index is 13.3. The second-order valence-corrected chi connectivity index (χ2v) is 8.45. The zero-order valence-corrected chi connectivity index (χ0v) is 19.5. The van der Waals surface area contributed by atoms with Crippen LogP contribution < -0.4 is 15.4 Å². The normalized spacial score (nSPS) is 15.5. The number of carbonyl (C=O) groups excluding carboxylic acids is 2. The van der Waals surface area contributed by atoms with Gasteiger partial charge in [-0.15, -0.1) is 0 Å².